The first kappa shape index (κ1) is 12.9. The minimum Gasteiger partial charge on any atom is -0.380 e. The summed E-state index contributed by atoms with van der Waals surface area (Å²) in [6.07, 6.45) is 5.00. The number of rotatable bonds is 4. The molecule has 1 fully saturated rings. The third-order valence-corrected chi connectivity index (χ3v) is 3.58. The SMILES string of the molecule is COCc1cc(Cl)ccc1CC1CCCCN1. The molecule has 0 saturated carbocycles. The van der Waals surface area contributed by atoms with Gasteiger partial charge in [-0.25, -0.2) is 0 Å². The molecule has 0 aromatic heterocycles. The molecule has 1 N–H and O–H groups in total. The maximum absolute atomic E-state index is 6.02. The van der Waals surface area contributed by atoms with E-state index in [0.717, 1.165) is 18.0 Å². The van der Waals surface area contributed by atoms with Crippen LogP contribution in [-0.4, -0.2) is 19.7 Å². The molecular weight excluding hydrogens is 234 g/mol. The summed E-state index contributed by atoms with van der Waals surface area (Å²) in [5.74, 6) is 0. The van der Waals surface area contributed by atoms with Gasteiger partial charge in [0.25, 0.3) is 0 Å². The Hall–Kier alpha value is -0.570. The zero-order chi connectivity index (χ0) is 12.1. The summed E-state index contributed by atoms with van der Waals surface area (Å²) in [6, 6.07) is 6.73. The molecule has 1 unspecified atom stereocenters. The molecule has 0 aliphatic carbocycles. The fraction of sp³-hybridized carbons (Fsp3) is 0.571. The quantitative estimate of drug-likeness (QED) is 0.890. The number of hydrogen-bond acceptors (Lipinski definition) is 2. The van der Waals surface area contributed by atoms with Crippen LogP contribution in [0.15, 0.2) is 18.2 Å². The van der Waals surface area contributed by atoms with Gasteiger partial charge in [-0.3, -0.25) is 0 Å². The molecule has 17 heavy (non-hydrogen) atoms. The highest BCUT2D eigenvalue weighted by Gasteiger charge is 2.14. The zero-order valence-electron chi connectivity index (χ0n) is 10.3. The topological polar surface area (TPSA) is 21.3 Å². The van der Waals surface area contributed by atoms with E-state index in [0.29, 0.717) is 12.6 Å². The molecule has 3 heteroatoms. The van der Waals surface area contributed by atoms with Gasteiger partial charge in [0.05, 0.1) is 6.61 Å². The van der Waals surface area contributed by atoms with Gasteiger partial charge in [-0.2, -0.15) is 0 Å². The lowest BCUT2D eigenvalue weighted by molar-refractivity contribution is 0.184. The molecular formula is C14H20ClNO. The van der Waals surface area contributed by atoms with Gasteiger partial charge in [0, 0.05) is 18.2 Å². The fourth-order valence-corrected chi connectivity index (χ4v) is 2.64. The highest BCUT2D eigenvalue weighted by molar-refractivity contribution is 6.30. The molecule has 1 heterocycles. The minimum absolute atomic E-state index is 0.612. The lowest BCUT2D eigenvalue weighted by Crippen LogP contribution is -2.35. The Bertz CT molecular complexity index is 361. The van der Waals surface area contributed by atoms with Gasteiger partial charge in [-0.15, -0.1) is 0 Å². The average Bonchev–Trinajstić information content (AvgIpc) is 2.34. The van der Waals surface area contributed by atoms with Crippen molar-refractivity contribution in [2.24, 2.45) is 0 Å². The first-order valence-electron chi connectivity index (χ1n) is 6.29. The van der Waals surface area contributed by atoms with Crippen molar-refractivity contribution in [1.29, 1.82) is 0 Å². The van der Waals surface area contributed by atoms with Crippen LogP contribution in [0.1, 0.15) is 30.4 Å². The summed E-state index contributed by atoms with van der Waals surface area (Å²) in [5, 5.41) is 4.37. The molecule has 1 aliphatic heterocycles. The number of ether oxygens (including phenoxy) is 1. The van der Waals surface area contributed by atoms with Crippen molar-refractivity contribution in [3.05, 3.63) is 34.3 Å². The van der Waals surface area contributed by atoms with Crippen LogP contribution in [0.3, 0.4) is 0 Å². The smallest absolute Gasteiger partial charge is 0.0716 e. The lowest BCUT2D eigenvalue weighted by atomic mass is 9.95. The first-order chi connectivity index (χ1) is 8.29. The standard InChI is InChI=1S/C14H20ClNO/c1-17-10-12-8-13(15)6-5-11(12)9-14-4-2-3-7-16-14/h5-6,8,14,16H,2-4,7,9-10H2,1H3. The number of piperidine rings is 1. The summed E-state index contributed by atoms with van der Waals surface area (Å²) >= 11 is 6.02. The second-order valence-electron chi connectivity index (χ2n) is 4.70. The maximum Gasteiger partial charge on any atom is 0.0716 e. The summed E-state index contributed by atoms with van der Waals surface area (Å²) < 4.78 is 5.23. The van der Waals surface area contributed by atoms with E-state index in [9.17, 15) is 0 Å². The summed E-state index contributed by atoms with van der Waals surface area (Å²) in [4.78, 5) is 0. The summed E-state index contributed by atoms with van der Waals surface area (Å²) in [5.41, 5.74) is 2.57. The van der Waals surface area contributed by atoms with Crippen LogP contribution in [0.2, 0.25) is 5.02 Å². The predicted octanol–water partition coefficient (Wildman–Crippen LogP) is 3.17. The Morgan fingerprint density at radius 1 is 1.35 bits per heavy atom. The van der Waals surface area contributed by atoms with Crippen molar-refractivity contribution in [3.8, 4) is 0 Å². The molecule has 2 rings (SSSR count). The molecule has 94 valence electrons. The average molecular weight is 254 g/mol. The van der Waals surface area contributed by atoms with E-state index in [2.05, 4.69) is 11.4 Å². The summed E-state index contributed by atoms with van der Waals surface area (Å²) in [6.45, 7) is 1.79. The predicted molar refractivity (Wildman–Crippen MR) is 71.5 cm³/mol. The molecule has 0 amide bonds. The van der Waals surface area contributed by atoms with E-state index in [1.165, 1.54) is 30.4 Å². The van der Waals surface area contributed by atoms with Crippen LogP contribution in [0.25, 0.3) is 0 Å². The van der Waals surface area contributed by atoms with Crippen molar-refractivity contribution >= 4 is 11.6 Å². The normalized spacial score (nSPS) is 20.5. The molecule has 0 spiro atoms. The van der Waals surface area contributed by atoms with Crippen LogP contribution in [0.5, 0.6) is 0 Å². The Labute approximate surface area is 108 Å². The van der Waals surface area contributed by atoms with E-state index in [-0.39, 0.29) is 0 Å². The molecule has 1 saturated heterocycles. The molecule has 1 atom stereocenters. The van der Waals surface area contributed by atoms with Crippen molar-refractivity contribution < 1.29 is 4.74 Å². The summed E-state index contributed by atoms with van der Waals surface area (Å²) in [7, 11) is 1.73. The van der Waals surface area contributed by atoms with Gasteiger partial charge < -0.3 is 10.1 Å². The van der Waals surface area contributed by atoms with Gasteiger partial charge in [-0.1, -0.05) is 24.1 Å². The van der Waals surface area contributed by atoms with Crippen LogP contribution < -0.4 is 5.32 Å². The van der Waals surface area contributed by atoms with Gasteiger partial charge >= 0.3 is 0 Å². The van der Waals surface area contributed by atoms with E-state index in [4.69, 9.17) is 16.3 Å². The van der Waals surface area contributed by atoms with E-state index >= 15 is 0 Å². The Morgan fingerprint density at radius 2 is 2.24 bits per heavy atom. The van der Waals surface area contributed by atoms with Gasteiger partial charge in [-0.05, 0) is 49.1 Å². The highest BCUT2D eigenvalue weighted by atomic mass is 35.5. The van der Waals surface area contributed by atoms with E-state index in [1.54, 1.807) is 7.11 Å². The number of halogens is 1. The number of benzene rings is 1. The monoisotopic (exact) mass is 253 g/mol. The Kier molecular flexibility index (Phi) is 4.84. The van der Waals surface area contributed by atoms with Gasteiger partial charge in [0.15, 0.2) is 0 Å². The molecule has 1 aromatic carbocycles. The number of nitrogens with one attached hydrogen (secondary N) is 1. The number of methoxy groups -OCH3 is 1. The van der Waals surface area contributed by atoms with Crippen molar-refractivity contribution in [2.75, 3.05) is 13.7 Å². The lowest BCUT2D eigenvalue weighted by Gasteiger charge is -2.24. The fourth-order valence-electron chi connectivity index (χ4n) is 2.45. The second-order valence-corrected chi connectivity index (χ2v) is 5.13. The van der Waals surface area contributed by atoms with E-state index < -0.39 is 0 Å². The van der Waals surface area contributed by atoms with E-state index in [1.807, 2.05) is 12.1 Å². The maximum atomic E-state index is 6.02. The third kappa shape index (κ3) is 3.70. The highest BCUT2D eigenvalue weighted by Crippen LogP contribution is 2.20. The zero-order valence-corrected chi connectivity index (χ0v) is 11.1. The van der Waals surface area contributed by atoms with Crippen molar-refractivity contribution in [2.45, 2.75) is 38.3 Å². The largest absolute Gasteiger partial charge is 0.380 e. The van der Waals surface area contributed by atoms with Crippen molar-refractivity contribution in [1.82, 2.24) is 5.32 Å². The van der Waals surface area contributed by atoms with Gasteiger partial charge in [0.2, 0.25) is 0 Å². The first-order valence-corrected chi connectivity index (χ1v) is 6.67. The Morgan fingerprint density at radius 3 is 2.94 bits per heavy atom. The molecule has 0 bridgehead atoms. The second kappa shape index (κ2) is 6.39. The van der Waals surface area contributed by atoms with Crippen LogP contribution in [0, 0.1) is 0 Å². The third-order valence-electron chi connectivity index (χ3n) is 3.35. The molecule has 1 aromatic rings. The van der Waals surface area contributed by atoms with Crippen LogP contribution in [-0.2, 0) is 17.8 Å². The molecule has 1 aliphatic rings. The van der Waals surface area contributed by atoms with Crippen LogP contribution >= 0.6 is 11.6 Å². The Balaban J connectivity index is 2.07. The molecule has 0 radical (unpaired) electrons. The van der Waals surface area contributed by atoms with Crippen LogP contribution in [0.4, 0.5) is 0 Å². The minimum atomic E-state index is 0.612. The van der Waals surface area contributed by atoms with Crippen molar-refractivity contribution in [3.63, 3.8) is 0 Å². The molecule has 2 nitrogen and oxygen atoms in total. The van der Waals surface area contributed by atoms with Gasteiger partial charge in [0.1, 0.15) is 0 Å². The number of hydrogen-bond donors (Lipinski definition) is 1.